The van der Waals surface area contributed by atoms with E-state index in [0.29, 0.717) is 26.4 Å². The van der Waals surface area contributed by atoms with Crippen LogP contribution in [0.15, 0.2) is 81.0 Å². The minimum Gasteiger partial charge on any atom is -0.483 e. The van der Waals surface area contributed by atoms with Gasteiger partial charge in [-0.2, -0.15) is 26.3 Å². The van der Waals surface area contributed by atoms with Crippen LogP contribution in [0.5, 0.6) is 5.75 Å². The number of ether oxygens (including phenoxy) is 1. The maximum absolute atomic E-state index is 14.1. The van der Waals surface area contributed by atoms with Gasteiger partial charge in [0.05, 0.1) is 39.4 Å². The Morgan fingerprint density at radius 1 is 0.923 bits per heavy atom. The number of H-pyrrole nitrogens is 1. The number of fused-ring (bicyclic) bond motifs is 9. The number of aromatic nitrogens is 1. The largest absolute Gasteiger partial charge is 0.483 e. The molecule has 3 aromatic carbocycles. The Bertz CT molecular complexity index is 2210. The van der Waals surface area contributed by atoms with Crippen molar-refractivity contribution in [3.8, 4) is 5.75 Å². The molecule has 0 radical (unpaired) electrons. The van der Waals surface area contributed by atoms with Crippen molar-refractivity contribution in [2.75, 3.05) is 16.8 Å². The summed E-state index contributed by atoms with van der Waals surface area (Å²) in [5.41, 5.74) is -2.02. The van der Waals surface area contributed by atoms with Gasteiger partial charge in [-0.1, -0.05) is 45.5 Å². The SMILES string of the molecule is O=C(COc1ccc(Br)cc1[C@H]1c2sc(=O)[nH]c2SC2C1[C@H]1C[C@@H]2C2C(=O)N(c3cccc(C(F)(F)F)c3)C(=O)C21)Nc1ccccc1C(F)(F)F. The summed E-state index contributed by atoms with van der Waals surface area (Å²) in [6, 6.07) is 13.7. The van der Waals surface area contributed by atoms with Crippen LogP contribution in [0.1, 0.15) is 33.9 Å². The van der Waals surface area contributed by atoms with Crippen molar-refractivity contribution in [1.82, 2.24) is 4.98 Å². The molecule has 2 bridgehead atoms. The molecule has 4 aliphatic rings. The van der Waals surface area contributed by atoms with Crippen molar-refractivity contribution in [3.63, 3.8) is 0 Å². The molecule has 8 nitrogen and oxygen atoms in total. The van der Waals surface area contributed by atoms with E-state index in [2.05, 4.69) is 26.2 Å². The molecule has 2 N–H and O–H groups in total. The first kappa shape index (κ1) is 35.0. The van der Waals surface area contributed by atoms with Gasteiger partial charge < -0.3 is 15.0 Å². The van der Waals surface area contributed by atoms with Crippen molar-refractivity contribution in [1.29, 1.82) is 0 Å². The summed E-state index contributed by atoms with van der Waals surface area (Å²) in [7, 11) is 0. The Hall–Kier alpha value is -4.09. The van der Waals surface area contributed by atoms with Gasteiger partial charge in [-0.15, -0.1) is 11.8 Å². The number of aromatic amines is 1. The Morgan fingerprint density at radius 3 is 2.38 bits per heavy atom. The number of benzene rings is 3. The number of anilines is 2. The van der Waals surface area contributed by atoms with Gasteiger partial charge in [0.2, 0.25) is 11.8 Å². The molecule has 8 rings (SSSR count). The van der Waals surface area contributed by atoms with Gasteiger partial charge in [0, 0.05) is 26.1 Å². The number of hydrogen-bond donors (Lipinski definition) is 2. The number of carbonyl (C=O) groups is 3. The standard InChI is InChI=1S/C35H24BrF6N3O5S2/c36-15-8-9-22(50-13-23(46)43-21-7-2-1-6-20(21)35(40,41)42)17(11-15)24-25-18-12-19(28(25)51-30-29(24)52-33(49)44-30)27-26(18)31(47)45(32(27)48)16-5-3-4-14(10-16)34(37,38)39/h1-11,18-19,24-28H,12-13H2,(H,43,46)(H,44,49)/t18-,19-,24-,25?,26?,27?,28?/m1/s1. The second kappa shape index (κ2) is 12.5. The maximum Gasteiger partial charge on any atom is 0.418 e. The predicted octanol–water partition coefficient (Wildman–Crippen LogP) is 7.93. The smallest absolute Gasteiger partial charge is 0.418 e. The molecule has 1 saturated heterocycles. The lowest BCUT2D eigenvalue weighted by Gasteiger charge is -2.43. The molecule has 270 valence electrons. The summed E-state index contributed by atoms with van der Waals surface area (Å²) in [6.07, 6.45) is -8.88. The minimum absolute atomic E-state index is 0.145. The Kier molecular flexibility index (Phi) is 8.41. The quantitative estimate of drug-likeness (QED) is 0.151. The van der Waals surface area contributed by atoms with E-state index in [1.807, 2.05) is 0 Å². The van der Waals surface area contributed by atoms with E-state index in [9.17, 15) is 45.5 Å². The minimum atomic E-state index is -4.70. The van der Waals surface area contributed by atoms with E-state index in [1.165, 1.54) is 30.0 Å². The van der Waals surface area contributed by atoms with E-state index >= 15 is 0 Å². The molecule has 52 heavy (non-hydrogen) atoms. The van der Waals surface area contributed by atoms with Crippen LogP contribution in [0.3, 0.4) is 0 Å². The molecule has 7 atom stereocenters. The molecular formula is C35H24BrF6N3O5S2. The molecule has 0 spiro atoms. The van der Waals surface area contributed by atoms with Gasteiger partial charge in [-0.3, -0.25) is 24.1 Å². The average Bonchev–Trinajstić information content (AvgIpc) is 3.82. The fraction of sp³-hybridized carbons (Fsp3) is 0.314. The normalized spacial score (nSPS) is 26.3. The maximum atomic E-state index is 14.1. The van der Waals surface area contributed by atoms with Crippen LogP contribution in [0.25, 0.3) is 0 Å². The lowest BCUT2D eigenvalue weighted by Crippen LogP contribution is -2.42. The van der Waals surface area contributed by atoms with Crippen LogP contribution in [-0.2, 0) is 26.7 Å². The average molecular weight is 825 g/mol. The molecular weight excluding hydrogens is 800 g/mol. The number of thiazole rings is 1. The number of nitrogens with one attached hydrogen (secondary N) is 2. The zero-order chi connectivity index (χ0) is 36.9. The first-order chi connectivity index (χ1) is 24.6. The summed E-state index contributed by atoms with van der Waals surface area (Å²) in [4.78, 5) is 57.8. The van der Waals surface area contributed by atoms with Crippen molar-refractivity contribution in [2.24, 2.45) is 29.6 Å². The third-order valence-corrected chi connectivity index (χ3v) is 13.4. The Morgan fingerprint density at radius 2 is 1.65 bits per heavy atom. The van der Waals surface area contributed by atoms with Crippen LogP contribution in [0.2, 0.25) is 0 Å². The number of carbonyl (C=O) groups excluding carboxylic acids is 3. The summed E-state index contributed by atoms with van der Waals surface area (Å²) in [6.45, 7) is -0.650. The van der Waals surface area contributed by atoms with Crippen LogP contribution in [0.4, 0.5) is 37.7 Å². The number of alkyl halides is 6. The zero-order valence-corrected chi connectivity index (χ0v) is 29.5. The third-order valence-electron chi connectivity index (χ3n) is 10.3. The molecule has 2 aliphatic carbocycles. The van der Waals surface area contributed by atoms with Crippen LogP contribution < -0.4 is 19.8 Å². The Labute approximate surface area is 307 Å². The molecule has 2 aliphatic heterocycles. The molecule has 3 heterocycles. The molecule has 17 heteroatoms. The number of amides is 3. The van der Waals surface area contributed by atoms with Gasteiger partial charge >= 0.3 is 17.2 Å². The highest BCUT2D eigenvalue weighted by Crippen LogP contribution is 2.69. The summed E-state index contributed by atoms with van der Waals surface area (Å²) >= 11 is 5.89. The van der Waals surface area contributed by atoms with Crippen molar-refractivity contribution < 1.29 is 45.5 Å². The lowest BCUT2D eigenvalue weighted by atomic mass is 9.68. The number of nitrogens with zero attached hydrogens (tertiary/aromatic N) is 1. The summed E-state index contributed by atoms with van der Waals surface area (Å²) in [5.74, 6) is -4.89. The topological polar surface area (TPSA) is 109 Å². The van der Waals surface area contributed by atoms with Crippen molar-refractivity contribution in [3.05, 3.63) is 102 Å². The Balaban J connectivity index is 1.12. The van der Waals surface area contributed by atoms with Gasteiger partial charge in [0.15, 0.2) is 6.61 Å². The predicted molar refractivity (Wildman–Crippen MR) is 182 cm³/mol. The van der Waals surface area contributed by atoms with Crippen molar-refractivity contribution >= 4 is 68.1 Å². The van der Waals surface area contributed by atoms with Gasteiger partial charge in [0.25, 0.3) is 5.91 Å². The third kappa shape index (κ3) is 5.75. The summed E-state index contributed by atoms with van der Waals surface area (Å²) in [5, 5.41) is 2.59. The van der Waals surface area contributed by atoms with E-state index in [-0.39, 0.29) is 39.3 Å². The zero-order valence-electron chi connectivity index (χ0n) is 26.3. The number of hydrogen-bond acceptors (Lipinski definition) is 7. The number of imide groups is 1. The summed E-state index contributed by atoms with van der Waals surface area (Å²) < 4.78 is 87.9. The van der Waals surface area contributed by atoms with Gasteiger partial charge in [0.1, 0.15) is 5.75 Å². The number of rotatable bonds is 6. The second-order valence-electron chi connectivity index (χ2n) is 13.1. The highest BCUT2D eigenvalue weighted by Gasteiger charge is 2.70. The molecule has 3 amide bonds. The molecule has 4 unspecified atom stereocenters. The van der Waals surface area contributed by atoms with Crippen LogP contribution in [-0.4, -0.2) is 34.6 Å². The highest BCUT2D eigenvalue weighted by atomic mass is 79.9. The van der Waals surface area contributed by atoms with Gasteiger partial charge in [-0.25, -0.2) is 0 Å². The van der Waals surface area contributed by atoms with Crippen molar-refractivity contribution in [2.45, 2.75) is 35.0 Å². The number of para-hydroxylation sites is 1. The fourth-order valence-electron chi connectivity index (χ4n) is 8.50. The van der Waals surface area contributed by atoms with Crippen LogP contribution >= 0.6 is 39.0 Å². The first-order valence-corrected chi connectivity index (χ1v) is 18.4. The highest BCUT2D eigenvalue weighted by molar-refractivity contribution is 9.10. The van der Waals surface area contributed by atoms with E-state index in [4.69, 9.17) is 4.74 Å². The molecule has 3 fully saturated rings. The number of halogens is 7. The van der Waals surface area contributed by atoms with Crippen LogP contribution in [0, 0.1) is 29.6 Å². The van der Waals surface area contributed by atoms with Gasteiger partial charge in [-0.05, 0) is 72.7 Å². The molecule has 4 aromatic rings. The molecule has 2 saturated carbocycles. The first-order valence-electron chi connectivity index (χ1n) is 15.9. The number of thioether (sulfide) groups is 1. The van der Waals surface area contributed by atoms with E-state index in [0.717, 1.165) is 46.6 Å². The lowest BCUT2D eigenvalue weighted by molar-refractivity contribution is -0.138. The van der Waals surface area contributed by atoms with E-state index < -0.39 is 71.2 Å². The second-order valence-corrected chi connectivity index (χ2v) is 16.2. The fourth-order valence-corrected chi connectivity index (χ4v) is 11.8. The van der Waals surface area contributed by atoms with E-state index in [1.54, 1.807) is 18.2 Å². The monoisotopic (exact) mass is 823 g/mol. The molecule has 1 aromatic heterocycles.